The van der Waals surface area contributed by atoms with Gasteiger partial charge in [-0.25, -0.2) is 23.1 Å². The second-order valence-corrected chi connectivity index (χ2v) is 11.3. The van der Waals surface area contributed by atoms with Crippen molar-refractivity contribution in [2.45, 2.75) is 17.9 Å². The lowest BCUT2D eigenvalue weighted by Gasteiger charge is -2.11. The number of aromatic nitrogens is 3. The molecule has 3 aromatic carbocycles. The number of pyridine rings is 1. The first-order valence-corrected chi connectivity index (χ1v) is 15.0. The summed E-state index contributed by atoms with van der Waals surface area (Å²) in [5.74, 6) is -0.855. The van der Waals surface area contributed by atoms with E-state index >= 15 is 0 Å². The first kappa shape index (κ1) is 29.3. The highest BCUT2D eigenvalue weighted by Crippen LogP contribution is 2.21. The Labute approximate surface area is 248 Å². The Morgan fingerprint density at radius 2 is 1.60 bits per heavy atom. The van der Waals surface area contributed by atoms with E-state index in [0.717, 1.165) is 10.9 Å². The van der Waals surface area contributed by atoms with Gasteiger partial charge in [0.15, 0.2) is 11.5 Å². The highest BCUT2D eigenvalue weighted by atomic mass is 32.2. The summed E-state index contributed by atoms with van der Waals surface area (Å²) < 4.78 is 28.3. The van der Waals surface area contributed by atoms with Crippen molar-refractivity contribution in [1.29, 1.82) is 0 Å². The molecule has 218 valence electrons. The lowest BCUT2D eigenvalue weighted by atomic mass is 10.1. The lowest BCUT2D eigenvalue weighted by Crippen LogP contribution is -2.31. The maximum Gasteiger partial charge on any atom is 0.273 e. The van der Waals surface area contributed by atoms with E-state index in [-0.39, 0.29) is 35.4 Å². The molecule has 0 aliphatic heterocycles. The van der Waals surface area contributed by atoms with E-state index in [1.165, 1.54) is 12.3 Å². The number of fused-ring (bicyclic) bond motifs is 1. The SMILES string of the molecule is Nc1ncc(-c2cccc(C(=O)NCc3ccccc3)c2)nc1C(=O)NCCCNS(=O)(=O)c1cccc2cccnc12. The number of carbonyl (C=O) groups is 2. The summed E-state index contributed by atoms with van der Waals surface area (Å²) in [5, 5.41) is 6.31. The van der Waals surface area contributed by atoms with Gasteiger partial charge in [-0.2, -0.15) is 0 Å². The summed E-state index contributed by atoms with van der Waals surface area (Å²) in [7, 11) is -3.81. The van der Waals surface area contributed by atoms with Gasteiger partial charge in [0.1, 0.15) is 4.90 Å². The number of nitrogens with zero attached hydrogens (tertiary/aromatic N) is 3. The molecule has 2 amide bonds. The monoisotopic (exact) mass is 595 g/mol. The molecule has 5 aromatic rings. The van der Waals surface area contributed by atoms with Gasteiger partial charge in [-0.05, 0) is 36.2 Å². The summed E-state index contributed by atoms with van der Waals surface area (Å²) in [6.07, 6.45) is 3.29. The van der Waals surface area contributed by atoms with Crippen LogP contribution in [0.2, 0.25) is 0 Å². The zero-order valence-corrected chi connectivity index (χ0v) is 23.8. The number of nitrogens with one attached hydrogen (secondary N) is 3. The van der Waals surface area contributed by atoms with Crippen molar-refractivity contribution in [3.8, 4) is 11.3 Å². The zero-order chi connectivity index (χ0) is 30.2. The molecular formula is C31H29N7O4S. The minimum atomic E-state index is -3.81. The van der Waals surface area contributed by atoms with Gasteiger partial charge in [-0.15, -0.1) is 0 Å². The summed E-state index contributed by atoms with van der Waals surface area (Å²) in [4.78, 5) is 38.4. The Kier molecular flexibility index (Phi) is 8.99. The van der Waals surface area contributed by atoms with Gasteiger partial charge in [-0.1, -0.05) is 60.7 Å². The van der Waals surface area contributed by atoms with Crippen LogP contribution in [0.3, 0.4) is 0 Å². The second-order valence-electron chi connectivity index (χ2n) is 9.58. The van der Waals surface area contributed by atoms with Crippen LogP contribution in [0.4, 0.5) is 5.82 Å². The van der Waals surface area contributed by atoms with E-state index in [9.17, 15) is 18.0 Å². The smallest absolute Gasteiger partial charge is 0.273 e. The Bertz CT molecular complexity index is 1880. The fraction of sp³-hybridized carbons (Fsp3) is 0.129. The van der Waals surface area contributed by atoms with Crippen LogP contribution in [0.15, 0.2) is 102 Å². The molecule has 0 atom stereocenters. The van der Waals surface area contributed by atoms with E-state index in [4.69, 9.17) is 5.73 Å². The first-order valence-electron chi connectivity index (χ1n) is 13.5. The third-order valence-corrected chi connectivity index (χ3v) is 8.04. The number of benzene rings is 3. The molecule has 5 rings (SSSR count). The second kappa shape index (κ2) is 13.2. The van der Waals surface area contributed by atoms with Crippen LogP contribution in [-0.4, -0.2) is 48.3 Å². The highest BCUT2D eigenvalue weighted by molar-refractivity contribution is 7.89. The van der Waals surface area contributed by atoms with E-state index in [1.807, 2.05) is 30.3 Å². The maximum absolute atomic E-state index is 12.9. The molecule has 0 unspecified atom stereocenters. The van der Waals surface area contributed by atoms with Crippen molar-refractivity contribution < 1.29 is 18.0 Å². The van der Waals surface area contributed by atoms with E-state index < -0.39 is 15.9 Å². The molecule has 0 saturated heterocycles. The van der Waals surface area contributed by atoms with E-state index in [2.05, 4.69) is 30.3 Å². The molecule has 0 bridgehead atoms. The number of anilines is 1. The predicted molar refractivity (Wildman–Crippen MR) is 163 cm³/mol. The number of nitrogens with two attached hydrogens (primary N) is 1. The molecule has 0 radical (unpaired) electrons. The number of sulfonamides is 1. The summed E-state index contributed by atoms with van der Waals surface area (Å²) >= 11 is 0. The average molecular weight is 596 g/mol. The van der Waals surface area contributed by atoms with Crippen LogP contribution in [0.25, 0.3) is 22.2 Å². The summed E-state index contributed by atoms with van der Waals surface area (Å²) in [6, 6.07) is 24.9. The minimum Gasteiger partial charge on any atom is -0.382 e. The highest BCUT2D eigenvalue weighted by Gasteiger charge is 2.18. The summed E-state index contributed by atoms with van der Waals surface area (Å²) in [5.41, 5.74) is 8.63. The fourth-order valence-corrected chi connectivity index (χ4v) is 5.61. The largest absolute Gasteiger partial charge is 0.382 e. The van der Waals surface area contributed by atoms with Gasteiger partial charge in [-0.3, -0.25) is 14.6 Å². The maximum atomic E-state index is 12.9. The third-order valence-electron chi connectivity index (χ3n) is 6.55. The van der Waals surface area contributed by atoms with Crippen LogP contribution in [-0.2, 0) is 16.6 Å². The standard InChI is InChI=1S/C31H29N7O4S/c32-29-28(31(40)34-16-7-17-37-43(41,42)26-14-5-10-22-13-6-15-33-27(22)26)38-25(20-35-29)23-11-4-12-24(18-23)30(39)36-19-21-8-2-1-3-9-21/h1-6,8-15,18,20,37H,7,16-17,19H2,(H2,32,35)(H,34,40)(H,36,39). The molecule has 2 aromatic heterocycles. The molecule has 11 nitrogen and oxygen atoms in total. The molecule has 5 N–H and O–H groups in total. The summed E-state index contributed by atoms with van der Waals surface area (Å²) in [6.45, 7) is 0.640. The van der Waals surface area contributed by atoms with Crippen molar-refractivity contribution in [3.63, 3.8) is 0 Å². The molecule has 2 heterocycles. The van der Waals surface area contributed by atoms with Crippen LogP contribution in [0.5, 0.6) is 0 Å². The molecular weight excluding hydrogens is 566 g/mol. The average Bonchev–Trinajstić information content (AvgIpc) is 3.03. The Morgan fingerprint density at radius 3 is 2.44 bits per heavy atom. The number of para-hydroxylation sites is 1. The Morgan fingerprint density at radius 1 is 0.814 bits per heavy atom. The van der Waals surface area contributed by atoms with Gasteiger partial charge in [0.05, 0.1) is 17.4 Å². The number of amides is 2. The normalized spacial score (nSPS) is 11.3. The van der Waals surface area contributed by atoms with Crippen molar-refractivity contribution in [3.05, 3.63) is 114 Å². The van der Waals surface area contributed by atoms with Crippen molar-refractivity contribution >= 4 is 38.6 Å². The number of hydrogen-bond donors (Lipinski definition) is 4. The number of carbonyl (C=O) groups excluding carboxylic acids is 2. The van der Waals surface area contributed by atoms with Crippen LogP contribution >= 0.6 is 0 Å². The predicted octanol–water partition coefficient (Wildman–Crippen LogP) is 3.30. The molecule has 0 aliphatic rings. The van der Waals surface area contributed by atoms with Crippen LogP contribution in [0, 0.1) is 0 Å². The molecule has 0 spiro atoms. The van der Waals surface area contributed by atoms with Gasteiger partial charge >= 0.3 is 0 Å². The minimum absolute atomic E-state index is 0.0535. The van der Waals surface area contributed by atoms with Crippen molar-refractivity contribution in [1.82, 2.24) is 30.3 Å². The first-order chi connectivity index (χ1) is 20.8. The third kappa shape index (κ3) is 7.18. The molecule has 43 heavy (non-hydrogen) atoms. The molecule has 0 saturated carbocycles. The Hall–Kier alpha value is -5.20. The number of nitrogen functional groups attached to an aromatic ring is 1. The van der Waals surface area contributed by atoms with Gasteiger partial charge in [0.2, 0.25) is 10.0 Å². The van der Waals surface area contributed by atoms with E-state index in [0.29, 0.717) is 35.3 Å². The van der Waals surface area contributed by atoms with Crippen LogP contribution < -0.4 is 21.1 Å². The Balaban J connectivity index is 1.17. The molecule has 0 fully saturated rings. The van der Waals surface area contributed by atoms with Gasteiger partial charge < -0.3 is 16.4 Å². The van der Waals surface area contributed by atoms with Gasteiger partial charge in [0.25, 0.3) is 11.8 Å². The lowest BCUT2D eigenvalue weighted by molar-refractivity contribution is 0.0941. The van der Waals surface area contributed by atoms with E-state index in [1.54, 1.807) is 54.7 Å². The van der Waals surface area contributed by atoms with Crippen LogP contribution in [0.1, 0.15) is 32.8 Å². The van der Waals surface area contributed by atoms with Crippen molar-refractivity contribution in [2.24, 2.45) is 0 Å². The number of rotatable bonds is 11. The van der Waals surface area contributed by atoms with Crippen molar-refractivity contribution in [2.75, 3.05) is 18.8 Å². The zero-order valence-electron chi connectivity index (χ0n) is 23.0. The molecule has 0 aliphatic carbocycles. The quantitative estimate of drug-likeness (QED) is 0.169. The molecule has 12 heteroatoms. The fourth-order valence-electron chi connectivity index (χ4n) is 4.36. The number of hydrogen-bond acceptors (Lipinski definition) is 8. The van der Waals surface area contributed by atoms with Gasteiger partial charge in [0, 0.05) is 42.3 Å². The topological polar surface area (TPSA) is 169 Å².